The smallest absolute Gasteiger partial charge is 0.432 e. The number of benzene rings is 2. The second-order valence-electron chi connectivity index (χ2n) is 5.44. The van der Waals surface area contributed by atoms with E-state index in [0.29, 0.717) is 7.11 Å². The first-order valence-corrected chi connectivity index (χ1v) is 7.73. The molecule has 2 N–H and O–H groups in total. The Morgan fingerprint density at radius 1 is 1.04 bits per heavy atom. The molecule has 0 spiro atoms. The molecule has 0 aliphatic heterocycles. The summed E-state index contributed by atoms with van der Waals surface area (Å²) in [5.41, 5.74) is -4.79. The van der Waals surface area contributed by atoms with E-state index in [-0.39, 0.29) is 17.2 Å². The maximum Gasteiger partial charge on any atom is 0.432 e. The summed E-state index contributed by atoms with van der Waals surface area (Å²) in [6.07, 6.45) is -6.27. The average Bonchev–Trinajstić information content (AvgIpc) is 2.66. The number of methoxy groups -OCH3 is 2. The fraction of sp³-hybridized carbons (Fsp3) is 0.222. The third-order valence-corrected chi connectivity index (χ3v) is 3.70. The quantitative estimate of drug-likeness (QED) is 0.750. The Kier molecular flexibility index (Phi) is 6.14. The first-order valence-electron chi connectivity index (χ1n) is 7.73. The van der Waals surface area contributed by atoms with Crippen molar-refractivity contribution in [2.75, 3.05) is 19.5 Å². The number of para-hydroxylation sites is 1. The van der Waals surface area contributed by atoms with Crippen LogP contribution in [0.4, 0.5) is 23.7 Å². The van der Waals surface area contributed by atoms with Gasteiger partial charge in [-0.15, -0.1) is 0 Å². The highest BCUT2D eigenvalue weighted by Crippen LogP contribution is 2.42. The van der Waals surface area contributed by atoms with Crippen molar-refractivity contribution in [2.24, 2.45) is 0 Å². The normalized spacial score (nSPS) is 13.2. The SMILES string of the molecule is COC(=O)[C@@](O)(c1ccc(NC(=O)Oc2ccccc2)c(OC)c1)C(F)(F)F. The van der Waals surface area contributed by atoms with E-state index >= 15 is 0 Å². The molecule has 10 heteroatoms. The zero-order chi connectivity index (χ0) is 20.9. The number of amides is 1. The van der Waals surface area contributed by atoms with Gasteiger partial charge in [0.05, 0.1) is 19.9 Å². The molecule has 1 amide bonds. The molecule has 0 aliphatic rings. The number of anilines is 1. The zero-order valence-electron chi connectivity index (χ0n) is 14.7. The summed E-state index contributed by atoms with van der Waals surface area (Å²) in [7, 11) is 1.85. The van der Waals surface area contributed by atoms with Crippen molar-refractivity contribution in [2.45, 2.75) is 11.8 Å². The molecule has 150 valence electrons. The van der Waals surface area contributed by atoms with E-state index in [1.54, 1.807) is 18.2 Å². The van der Waals surface area contributed by atoms with Gasteiger partial charge in [0.1, 0.15) is 11.5 Å². The van der Waals surface area contributed by atoms with E-state index in [1.807, 2.05) is 0 Å². The summed E-state index contributed by atoms with van der Waals surface area (Å²) in [5.74, 6) is -1.91. The van der Waals surface area contributed by atoms with Crippen molar-refractivity contribution in [1.82, 2.24) is 0 Å². The van der Waals surface area contributed by atoms with E-state index < -0.39 is 29.4 Å². The van der Waals surface area contributed by atoms with Crippen molar-refractivity contribution in [3.8, 4) is 11.5 Å². The van der Waals surface area contributed by atoms with Crippen LogP contribution < -0.4 is 14.8 Å². The molecule has 2 aromatic rings. The second-order valence-corrected chi connectivity index (χ2v) is 5.44. The van der Waals surface area contributed by atoms with Crippen LogP contribution in [0, 0.1) is 0 Å². The number of halogens is 3. The standard InChI is InChI=1S/C18H16F3NO6/c1-26-14-10-11(17(25,15(23)27-2)18(19,20)21)8-9-13(14)22-16(24)28-12-6-4-3-5-7-12/h3-10,25H,1-2H3,(H,22,24)/t17-/m0/s1. The maximum atomic E-state index is 13.3. The van der Waals surface area contributed by atoms with Gasteiger partial charge in [0.15, 0.2) is 0 Å². The molecule has 2 aromatic carbocycles. The van der Waals surface area contributed by atoms with Crippen molar-refractivity contribution in [3.05, 3.63) is 54.1 Å². The van der Waals surface area contributed by atoms with Crippen LogP contribution in [0.2, 0.25) is 0 Å². The summed E-state index contributed by atoms with van der Waals surface area (Å²) in [6, 6.07) is 10.7. The number of esters is 1. The first-order chi connectivity index (χ1) is 13.1. The summed E-state index contributed by atoms with van der Waals surface area (Å²) >= 11 is 0. The predicted octanol–water partition coefficient (Wildman–Crippen LogP) is 3.23. The molecule has 28 heavy (non-hydrogen) atoms. The van der Waals surface area contributed by atoms with E-state index in [0.717, 1.165) is 25.3 Å². The predicted molar refractivity (Wildman–Crippen MR) is 91.1 cm³/mol. The highest BCUT2D eigenvalue weighted by atomic mass is 19.4. The van der Waals surface area contributed by atoms with Crippen LogP contribution >= 0.6 is 0 Å². The Morgan fingerprint density at radius 3 is 2.21 bits per heavy atom. The van der Waals surface area contributed by atoms with Crippen LogP contribution in [0.1, 0.15) is 5.56 Å². The van der Waals surface area contributed by atoms with E-state index in [9.17, 15) is 27.9 Å². The van der Waals surface area contributed by atoms with Gasteiger partial charge >= 0.3 is 18.2 Å². The molecular formula is C18H16F3NO6. The van der Waals surface area contributed by atoms with Crippen LogP contribution in [0.5, 0.6) is 11.5 Å². The zero-order valence-corrected chi connectivity index (χ0v) is 14.7. The molecule has 1 atom stereocenters. The Bertz CT molecular complexity index is 856. The lowest BCUT2D eigenvalue weighted by Gasteiger charge is -2.28. The number of nitrogens with one attached hydrogen (secondary N) is 1. The molecule has 0 aromatic heterocycles. The Hall–Kier alpha value is -3.27. The minimum Gasteiger partial charge on any atom is -0.495 e. The van der Waals surface area contributed by atoms with Crippen LogP contribution in [0.15, 0.2) is 48.5 Å². The third-order valence-electron chi connectivity index (χ3n) is 3.70. The maximum absolute atomic E-state index is 13.3. The lowest BCUT2D eigenvalue weighted by Crippen LogP contribution is -2.49. The first kappa shape index (κ1) is 21.0. The molecule has 0 saturated carbocycles. The molecule has 7 nitrogen and oxygen atoms in total. The number of ether oxygens (including phenoxy) is 3. The topological polar surface area (TPSA) is 94.1 Å². The summed E-state index contributed by atoms with van der Waals surface area (Å²) in [4.78, 5) is 23.6. The summed E-state index contributed by atoms with van der Waals surface area (Å²) in [6.45, 7) is 0. The number of alkyl halides is 3. The van der Waals surface area contributed by atoms with Crippen molar-refractivity contribution in [1.29, 1.82) is 0 Å². The molecular weight excluding hydrogens is 383 g/mol. The van der Waals surface area contributed by atoms with Gasteiger partial charge in [-0.3, -0.25) is 5.32 Å². The van der Waals surface area contributed by atoms with Crippen LogP contribution in [-0.2, 0) is 15.1 Å². The van der Waals surface area contributed by atoms with Crippen molar-refractivity contribution in [3.63, 3.8) is 0 Å². The van der Waals surface area contributed by atoms with Crippen molar-refractivity contribution < 1.29 is 42.1 Å². The second kappa shape index (κ2) is 8.17. The number of aliphatic hydroxyl groups is 1. The van der Waals surface area contributed by atoms with Gasteiger partial charge in [-0.2, -0.15) is 13.2 Å². The van der Waals surface area contributed by atoms with Gasteiger partial charge in [0, 0.05) is 5.56 Å². The number of hydrogen-bond donors (Lipinski definition) is 2. The Morgan fingerprint density at radius 2 is 1.68 bits per heavy atom. The Balaban J connectivity index is 2.33. The largest absolute Gasteiger partial charge is 0.495 e. The number of carbonyl (C=O) groups excluding carboxylic acids is 2. The average molecular weight is 399 g/mol. The molecule has 0 bridgehead atoms. The molecule has 0 unspecified atom stereocenters. The van der Waals surface area contributed by atoms with E-state index in [1.165, 1.54) is 12.1 Å². The van der Waals surface area contributed by atoms with Gasteiger partial charge in [-0.1, -0.05) is 24.3 Å². The van der Waals surface area contributed by atoms with Gasteiger partial charge in [0.25, 0.3) is 5.60 Å². The van der Waals surface area contributed by atoms with Crippen LogP contribution in [0.25, 0.3) is 0 Å². The Labute approximate surface area is 157 Å². The fourth-order valence-corrected chi connectivity index (χ4v) is 2.30. The minimum absolute atomic E-state index is 0.0402. The third kappa shape index (κ3) is 4.17. The lowest BCUT2D eigenvalue weighted by atomic mass is 9.92. The monoisotopic (exact) mass is 399 g/mol. The van der Waals surface area contributed by atoms with Crippen LogP contribution in [-0.4, -0.2) is 37.6 Å². The molecule has 0 aliphatic carbocycles. The highest BCUT2D eigenvalue weighted by molar-refractivity contribution is 5.89. The van der Waals surface area contributed by atoms with E-state index in [2.05, 4.69) is 10.1 Å². The molecule has 0 radical (unpaired) electrons. The molecule has 2 rings (SSSR count). The molecule has 0 heterocycles. The molecule has 0 saturated heterocycles. The van der Waals surface area contributed by atoms with Gasteiger partial charge in [-0.25, -0.2) is 9.59 Å². The van der Waals surface area contributed by atoms with E-state index in [4.69, 9.17) is 9.47 Å². The van der Waals surface area contributed by atoms with Crippen molar-refractivity contribution >= 4 is 17.7 Å². The molecule has 0 fully saturated rings. The van der Waals surface area contributed by atoms with Gasteiger partial charge < -0.3 is 19.3 Å². The fourth-order valence-electron chi connectivity index (χ4n) is 2.30. The number of hydrogen-bond acceptors (Lipinski definition) is 6. The number of carbonyl (C=O) groups is 2. The highest BCUT2D eigenvalue weighted by Gasteiger charge is 2.62. The van der Waals surface area contributed by atoms with Gasteiger partial charge in [0.2, 0.25) is 0 Å². The number of rotatable bonds is 5. The summed E-state index contributed by atoms with van der Waals surface area (Å²) in [5, 5.41) is 12.3. The lowest BCUT2D eigenvalue weighted by molar-refractivity contribution is -0.266. The van der Waals surface area contributed by atoms with Gasteiger partial charge in [-0.05, 0) is 24.3 Å². The van der Waals surface area contributed by atoms with Crippen LogP contribution in [0.3, 0.4) is 0 Å². The minimum atomic E-state index is -5.35. The summed E-state index contributed by atoms with van der Waals surface area (Å²) < 4.78 is 54.1.